The summed E-state index contributed by atoms with van der Waals surface area (Å²) in [6.45, 7) is 7.33. The second-order valence-electron chi connectivity index (χ2n) is 4.76. The quantitative estimate of drug-likeness (QED) is 0.721. The van der Waals surface area contributed by atoms with Crippen LogP contribution in [-0.2, 0) is 12.0 Å². The third kappa shape index (κ3) is 1.88. The van der Waals surface area contributed by atoms with Crippen molar-refractivity contribution >= 4 is 17.2 Å². The second-order valence-corrected chi connectivity index (χ2v) is 5.14. The monoisotopic (exact) mass is 225 g/mol. The summed E-state index contributed by atoms with van der Waals surface area (Å²) in [5.74, 6) is 0.625. The summed E-state index contributed by atoms with van der Waals surface area (Å²) in [5, 5.41) is 4.54. The first-order chi connectivity index (χ1) is 7.02. The molecule has 0 bridgehead atoms. The molecule has 0 radical (unpaired) electrons. The maximum Gasteiger partial charge on any atom is 0.136 e. The van der Waals surface area contributed by atoms with Gasteiger partial charge in [-0.05, 0) is 0 Å². The second kappa shape index (κ2) is 3.56. The van der Waals surface area contributed by atoms with E-state index in [1.165, 1.54) is 0 Å². The molecule has 0 saturated carbocycles. The Morgan fingerprint density at radius 1 is 1.33 bits per heavy atom. The SMILES string of the molecule is CC(C)(C)c1cc2n(CCCl)ccn2n1. The van der Waals surface area contributed by atoms with Crippen molar-refractivity contribution in [2.24, 2.45) is 0 Å². The highest BCUT2D eigenvalue weighted by Gasteiger charge is 2.18. The predicted octanol–water partition coefficient (Wildman–Crippen LogP) is 2.67. The van der Waals surface area contributed by atoms with Crippen LogP contribution in [0.2, 0.25) is 0 Å². The molecule has 2 aromatic rings. The van der Waals surface area contributed by atoms with E-state index in [-0.39, 0.29) is 5.41 Å². The van der Waals surface area contributed by atoms with E-state index in [1.807, 2.05) is 16.9 Å². The number of alkyl halides is 1. The summed E-state index contributed by atoms with van der Waals surface area (Å²) < 4.78 is 4.03. The smallest absolute Gasteiger partial charge is 0.136 e. The summed E-state index contributed by atoms with van der Waals surface area (Å²) in [7, 11) is 0. The van der Waals surface area contributed by atoms with Gasteiger partial charge in [0.25, 0.3) is 0 Å². The van der Waals surface area contributed by atoms with Gasteiger partial charge in [0.2, 0.25) is 0 Å². The molecule has 15 heavy (non-hydrogen) atoms. The highest BCUT2D eigenvalue weighted by molar-refractivity contribution is 6.17. The zero-order valence-corrected chi connectivity index (χ0v) is 10.1. The van der Waals surface area contributed by atoms with E-state index in [4.69, 9.17) is 11.6 Å². The predicted molar refractivity (Wildman–Crippen MR) is 62.6 cm³/mol. The lowest BCUT2D eigenvalue weighted by Crippen LogP contribution is -2.11. The lowest BCUT2D eigenvalue weighted by Gasteiger charge is -2.13. The third-order valence-corrected chi connectivity index (χ3v) is 2.66. The Labute approximate surface area is 94.6 Å². The van der Waals surface area contributed by atoms with Gasteiger partial charge in [0.05, 0.1) is 5.69 Å². The van der Waals surface area contributed by atoms with Crippen molar-refractivity contribution in [3.05, 3.63) is 24.2 Å². The molecule has 3 nitrogen and oxygen atoms in total. The number of halogens is 1. The van der Waals surface area contributed by atoms with Crippen LogP contribution in [0.25, 0.3) is 5.65 Å². The van der Waals surface area contributed by atoms with E-state index in [0.29, 0.717) is 5.88 Å². The summed E-state index contributed by atoms with van der Waals surface area (Å²) >= 11 is 5.74. The van der Waals surface area contributed by atoms with Crippen LogP contribution in [0, 0.1) is 0 Å². The van der Waals surface area contributed by atoms with E-state index in [2.05, 4.69) is 36.5 Å². The van der Waals surface area contributed by atoms with Crippen molar-refractivity contribution in [2.45, 2.75) is 32.7 Å². The number of nitrogens with zero attached hydrogens (tertiary/aromatic N) is 3. The summed E-state index contributed by atoms with van der Waals surface area (Å²) in [4.78, 5) is 0. The zero-order valence-electron chi connectivity index (χ0n) is 9.37. The molecule has 2 aromatic heterocycles. The van der Waals surface area contributed by atoms with E-state index in [1.54, 1.807) is 0 Å². The van der Waals surface area contributed by atoms with Crippen LogP contribution in [0.3, 0.4) is 0 Å². The van der Waals surface area contributed by atoms with Gasteiger partial charge in [-0.25, -0.2) is 4.52 Å². The van der Waals surface area contributed by atoms with E-state index in [9.17, 15) is 0 Å². The number of rotatable bonds is 2. The fraction of sp³-hybridized carbons (Fsp3) is 0.545. The molecule has 2 heterocycles. The molecule has 0 aliphatic heterocycles. The molecule has 0 N–H and O–H groups in total. The highest BCUT2D eigenvalue weighted by atomic mass is 35.5. The zero-order chi connectivity index (χ0) is 11.1. The van der Waals surface area contributed by atoms with Crippen LogP contribution in [0.1, 0.15) is 26.5 Å². The Kier molecular flexibility index (Phi) is 2.51. The van der Waals surface area contributed by atoms with E-state index in [0.717, 1.165) is 17.9 Å². The van der Waals surface area contributed by atoms with Crippen LogP contribution in [0.5, 0.6) is 0 Å². The van der Waals surface area contributed by atoms with E-state index >= 15 is 0 Å². The number of hydrogen-bond donors (Lipinski definition) is 0. The molecule has 0 aliphatic rings. The van der Waals surface area contributed by atoms with Crippen LogP contribution in [0.15, 0.2) is 18.5 Å². The fourth-order valence-electron chi connectivity index (χ4n) is 1.58. The minimum Gasteiger partial charge on any atom is -0.330 e. The molecule has 4 heteroatoms. The maximum atomic E-state index is 5.74. The molecular formula is C11H16ClN3. The normalized spacial score (nSPS) is 12.5. The molecule has 0 amide bonds. The number of imidazole rings is 1. The summed E-state index contributed by atoms with van der Waals surface area (Å²) in [5.41, 5.74) is 2.32. The topological polar surface area (TPSA) is 22.2 Å². The van der Waals surface area contributed by atoms with Gasteiger partial charge in [0.1, 0.15) is 5.65 Å². The first kappa shape index (κ1) is 10.6. The minimum atomic E-state index is 0.0951. The average molecular weight is 226 g/mol. The van der Waals surface area contributed by atoms with Gasteiger partial charge >= 0.3 is 0 Å². The number of fused-ring (bicyclic) bond motifs is 1. The minimum absolute atomic E-state index is 0.0951. The van der Waals surface area contributed by atoms with Crippen molar-refractivity contribution in [1.82, 2.24) is 14.2 Å². The van der Waals surface area contributed by atoms with Crippen molar-refractivity contribution in [2.75, 3.05) is 5.88 Å². The maximum absolute atomic E-state index is 5.74. The van der Waals surface area contributed by atoms with Gasteiger partial charge < -0.3 is 4.57 Å². The molecule has 82 valence electrons. The Morgan fingerprint density at radius 3 is 2.67 bits per heavy atom. The molecule has 0 spiro atoms. The van der Waals surface area contributed by atoms with Crippen molar-refractivity contribution in [1.29, 1.82) is 0 Å². The Bertz CT molecular complexity index is 462. The first-order valence-corrected chi connectivity index (χ1v) is 5.67. The van der Waals surface area contributed by atoms with Crippen LogP contribution >= 0.6 is 11.6 Å². The molecule has 0 saturated heterocycles. The Balaban J connectivity index is 2.48. The average Bonchev–Trinajstić information content (AvgIpc) is 2.65. The molecule has 0 atom stereocenters. The van der Waals surface area contributed by atoms with Crippen LogP contribution < -0.4 is 0 Å². The Morgan fingerprint density at radius 2 is 2.07 bits per heavy atom. The van der Waals surface area contributed by atoms with Gasteiger partial charge in [-0.2, -0.15) is 5.10 Å². The standard InChI is InChI=1S/C11H16ClN3/c1-11(2,3)9-8-10-14(5-4-12)6-7-15(10)13-9/h6-8H,4-5H2,1-3H3. The van der Waals surface area contributed by atoms with Gasteiger partial charge in [-0.1, -0.05) is 20.8 Å². The molecule has 0 aliphatic carbocycles. The molecule has 0 fully saturated rings. The molecular weight excluding hydrogens is 210 g/mol. The lowest BCUT2D eigenvalue weighted by molar-refractivity contribution is 0.563. The van der Waals surface area contributed by atoms with Gasteiger partial charge in [-0.3, -0.25) is 0 Å². The van der Waals surface area contributed by atoms with Gasteiger partial charge in [0.15, 0.2) is 0 Å². The highest BCUT2D eigenvalue weighted by Crippen LogP contribution is 2.22. The first-order valence-electron chi connectivity index (χ1n) is 5.13. The van der Waals surface area contributed by atoms with Crippen molar-refractivity contribution < 1.29 is 0 Å². The van der Waals surface area contributed by atoms with E-state index < -0.39 is 0 Å². The summed E-state index contributed by atoms with van der Waals surface area (Å²) in [6, 6.07) is 2.13. The number of hydrogen-bond acceptors (Lipinski definition) is 1. The largest absolute Gasteiger partial charge is 0.330 e. The fourth-order valence-corrected chi connectivity index (χ4v) is 1.76. The van der Waals surface area contributed by atoms with Crippen LogP contribution in [-0.4, -0.2) is 20.1 Å². The summed E-state index contributed by atoms with van der Waals surface area (Å²) in [6.07, 6.45) is 3.98. The number of aryl methyl sites for hydroxylation is 1. The van der Waals surface area contributed by atoms with Gasteiger partial charge in [-0.15, -0.1) is 11.6 Å². The van der Waals surface area contributed by atoms with Crippen molar-refractivity contribution in [3.63, 3.8) is 0 Å². The Hall–Kier alpha value is -0.960. The van der Waals surface area contributed by atoms with Crippen molar-refractivity contribution in [3.8, 4) is 0 Å². The third-order valence-electron chi connectivity index (χ3n) is 2.49. The molecule has 2 rings (SSSR count). The number of aromatic nitrogens is 3. The van der Waals surface area contributed by atoms with Crippen LogP contribution in [0.4, 0.5) is 0 Å². The van der Waals surface area contributed by atoms with Gasteiger partial charge in [0, 0.05) is 36.3 Å². The molecule has 0 unspecified atom stereocenters. The lowest BCUT2D eigenvalue weighted by atomic mass is 9.93. The molecule has 0 aromatic carbocycles.